The van der Waals surface area contributed by atoms with Crippen LogP contribution in [0.2, 0.25) is 5.02 Å². The minimum Gasteiger partial charge on any atom is -0.383 e. The Hall–Kier alpha value is -2.97. The standard InChI is InChI=1S/C18H18ClN5O3/c1-27-11-10-23-18(26)24(22-21-23)15-8-6-14(7-9-15)20-17(25)12-13-4-2-3-5-16(13)19/h2-9H,10-12H2,1H3,(H,20,25). The van der Waals surface area contributed by atoms with Crippen LogP contribution in [0.15, 0.2) is 53.3 Å². The average molecular weight is 388 g/mol. The third kappa shape index (κ3) is 4.60. The second-order valence-corrected chi connectivity index (χ2v) is 6.16. The van der Waals surface area contributed by atoms with Gasteiger partial charge in [0.1, 0.15) is 0 Å². The number of nitrogens with zero attached hydrogens (tertiary/aromatic N) is 4. The van der Waals surface area contributed by atoms with E-state index in [4.69, 9.17) is 16.3 Å². The van der Waals surface area contributed by atoms with Crippen molar-refractivity contribution >= 4 is 23.2 Å². The molecule has 1 aromatic heterocycles. The molecule has 0 aliphatic rings. The Morgan fingerprint density at radius 1 is 1.15 bits per heavy atom. The summed E-state index contributed by atoms with van der Waals surface area (Å²) in [4.78, 5) is 24.4. The maximum absolute atomic E-state index is 12.2. The Bertz CT molecular complexity index is 981. The molecule has 1 N–H and O–H groups in total. The summed E-state index contributed by atoms with van der Waals surface area (Å²) in [5, 5.41) is 11.0. The first kappa shape index (κ1) is 18.8. The summed E-state index contributed by atoms with van der Waals surface area (Å²) in [6.07, 6.45) is 0.175. The summed E-state index contributed by atoms with van der Waals surface area (Å²) < 4.78 is 7.34. The zero-order valence-corrected chi connectivity index (χ0v) is 15.4. The number of methoxy groups -OCH3 is 1. The van der Waals surface area contributed by atoms with Gasteiger partial charge in [0, 0.05) is 17.8 Å². The van der Waals surface area contributed by atoms with Gasteiger partial charge < -0.3 is 10.1 Å². The van der Waals surface area contributed by atoms with Crippen LogP contribution in [0.5, 0.6) is 0 Å². The van der Waals surface area contributed by atoms with Crippen molar-refractivity contribution in [1.82, 2.24) is 19.8 Å². The number of aromatic nitrogens is 4. The van der Waals surface area contributed by atoms with E-state index >= 15 is 0 Å². The van der Waals surface area contributed by atoms with Gasteiger partial charge in [0.15, 0.2) is 0 Å². The number of carbonyl (C=O) groups is 1. The van der Waals surface area contributed by atoms with Crippen molar-refractivity contribution in [2.45, 2.75) is 13.0 Å². The molecular formula is C18H18ClN5O3. The fourth-order valence-corrected chi connectivity index (χ4v) is 2.66. The van der Waals surface area contributed by atoms with Crippen LogP contribution in [0.1, 0.15) is 5.56 Å². The zero-order chi connectivity index (χ0) is 19.2. The number of benzene rings is 2. The lowest BCUT2D eigenvalue weighted by molar-refractivity contribution is -0.115. The summed E-state index contributed by atoms with van der Waals surface area (Å²) in [6.45, 7) is 0.695. The molecule has 0 bridgehead atoms. The normalized spacial score (nSPS) is 10.7. The summed E-state index contributed by atoms with van der Waals surface area (Å²) in [5.74, 6) is -0.182. The van der Waals surface area contributed by atoms with E-state index in [1.54, 1.807) is 37.4 Å². The quantitative estimate of drug-likeness (QED) is 0.668. The van der Waals surface area contributed by atoms with Gasteiger partial charge >= 0.3 is 5.69 Å². The van der Waals surface area contributed by atoms with Crippen molar-refractivity contribution in [3.05, 3.63) is 69.6 Å². The summed E-state index contributed by atoms with van der Waals surface area (Å²) in [7, 11) is 1.55. The highest BCUT2D eigenvalue weighted by molar-refractivity contribution is 6.31. The molecule has 3 rings (SSSR count). The van der Waals surface area contributed by atoms with Crippen LogP contribution in [-0.4, -0.2) is 39.4 Å². The second-order valence-electron chi connectivity index (χ2n) is 5.75. The molecule has 2 aromatic carbocycles. The number of nitrogens with one attached hydrogen (secondary N) is 1. The number of rotatable bonds is 7. The van der Waals surface area contributed by atoms with Crippen molar-refractivity contribution in [3.8, 4) is 5.69 Å². The molecule has 0 radical (unpaired) electrons. The van der Waals surface area contributed by atoms with Gasteiger partial charge in [-0.2, -0.15) is 9.36 Å². The van der Waals surface area contributed by atoms with Crippen LogP contribution >= 0.6 is 11.6 Å². The number of hydrogen-bond acceptors (Lipinski definition) is 5. The second kappa shape index (κ2) is 8.61. The molecule has 0 spiro atoms. The number of anilines is 1. The molecule has 0 fully saturated rings. The molecule has 1 heterocycles. The molecule has 27 heavy (non-hydrogen) atoms. The van der Waals surface area contributed by atoms with Gasteiger partial charge in [-0.25, -0.2) is 4.79 Å². The summed E-state index contributed by atoms with van der Waals surface area (Å²) in [6, 6.07) is 14.0. The molecule has 0 atom stereocenters. The largest absolute Gasteiger partial charge is 0.383 e. The summed E-state index contributed by atoms with van der Waals surface area (Å²) in [5.41, 5.74) is 1.55. The van der Waals surface area contributed by atoms with Gasteiger partial charge in [0.2, 0.25) is 5.91 Å². The molecular weight excluding hydrogens is 370 g/mol. The lowest BCUT2D eigenvalue weighted by Crippen LogP contribution is -2.25. The van der Waals surface area contributed by atoms with Crippen LogP contribution < -0.4 is 11.0 Å². The summed E-state index contributed by atoms with van der Waals surface area (Å²) >= 11 is 6.07. The van der Waals surface area contributed by atoms with E-state index in [0.717, 1.165) is 5.56 Å². The van der Waals surface area contributed by atoms with E-state index in [0.29, 0.717) is 29.5 Å². The van der Waals surface area contributed by atoms with Crippen molar-refractivity contribution in [2.24, 2.45) is 0 Å². The minimum absolute atomic E-state index is 0.175. The first-order chi connectivity index (χ1) is 13.1. The van der Waals surface area contributed by atoms with Gasteiger partial charge in [0.05, 0.1) is 25.3 Å². The van der Waals surface area contributed by atoms with E-state index in [-0.39, 0.29) is 18.0 Å². The lowest BCUT2D eigenvalue weighted by Gasteiger charge is -2.07. The van der Waals surface area contributed by atoms with Crippen LogP contribution in [-0.2, 0) is 22.5 Å². The van der Waals surface area contributed by atoms with Crippen LogP contribution in [0.4, 0.5) is 5.69 Å². The highest BCUT2D eigenvalue weighted by atomic mass is 35.5. The maximum Gasteiger partial charge on any atom is 0.368 e. The number of halogens is 1. The number of tetrazole rings is 1. The molecule has 0 aliphatic heterocycles. The van der Waals surface area contributed by atoms with Gasteiger partial charge in [-0.05, 0) is 46.3 Å². The number of hydrogen-bond donors (Lipinski definition) is 1. The predicted molar refractivity (Wildman–Crippen MR) is 101 cm³/mol. The Labute approximate surface area is 160 Å². The maximum atomic E-state index is 12.2. The van der Waals surface area contributed by atoms with Crippen molar-refractivity contribution in [2.75, 3.05) is 19.0 Å². The Morgan fingerprint density at radius 3 is 2.59 bits per heavy atom. The number of carbonyl (C=O) groups excluding carboxylic acids is 1. The molecule has 0 aliphatic carbocycles. The van der Waals surface area contributed by atoms with E-state index in [2.05, 4.69) is 15.7 Å². The first-order valence-corrected chi connectivity index (χ1v) is 8.61. The van der Waals surface area contributed by atoms with Crippen LogP contribution in [0, 0.1) is 0 Å². The fraction of sp³-hybridized carbons (Fsp3) is 0.222. The zero-order valence-electron chi connectivity index (χ0n) is 14.6. The third-order valence-corrected chi connectivity index (χ3v) is 4.22. The Kier molecular flexibility index (Phi) is 6.00. The number of ether oxygens (including phenoxy) is 1. The van der Waals surface area contributed by atoms with Gasteiger partial charge in [-0.15, -0.1) is 0 Å². The van der Waals surface area contributed by atoms with Crippen molar-refractivity contribution < 1.29 is 9.53 Å². The molecule has 0 saturated carbocycles. The van der Waals surface area contributed by atoms with Crippen molar-refractivity contribution in [1.29, 1.82) is 0 Å². The minimum atomic E-state index is -0.359. The molecule has 1 amide bonds. The Balaban J connectivity index is 1.67. The molecule has 0 saturated heterocycles. The highest BCUT2D eigenvalue weighted by Gasteiger charge is 2.10. The highest BCUT2D eigenvalue weighted by Crippen LogP contribution is 2.17. The monoisotopic (exact) mass is 387 g/mol. The SMILES string of the molecule is COCCn1nnn(-c2ccc(NC(=O)Cc3ccccc3Cl)cc2)c1=O. The molecule has 0 unspecified atom stereocenters. The molecule has 8 nitrogen and oxygen atoms in total. The van der Waals surface area contributed by atoms with Crippen molar-refractivity contribution in [3.63, 3.8) is 0 Å². The molecule has 140 valence electrons. The fourth-order valence-electron chi connectivity index (χ4n) is 2.46. The van der Waals surface area contributed by atoms with E-state index in [1.165, 1.54) is 9.36 Å². The average Bonchev–Trinajstić information content (AvgIpc) is 3.03. The third-order valence-electron chi connectivity index (χ3n) is 3.85. The Morgan fingerprint density at radius 2 is 1.89 bits per heavy atom. The van der Waals surface area contributed by atoms with E-state index < -0.39 is 0 Å². The van der Waals surface area contributed by atoms with Crippen LogP contribution in [0.3, 0.4) is 0 Å². The smallest absolute Gasteiger partial charge is 0.368 e. The molecule has 3 aromatic rings. The van der Waals surface area contributed by atoms with Gasteiger partial charge in [0.25, 0.3) is 0 Å². The lowest BCUT2D eigenvalue weighted by atomic mass is 10.1. The first-order valence-electron chi connectivity index (χ1n) is 8.24. The number of amides is 1. The van der Waals surface area contributed by atoms with Gasteiger partial charge in [-0.1, -0.05) is 29.8 Å². The molecule has 9 heteroatoms. The predicted octanol–water partition coefficient (Wildman–Crippen LogP) is 1.91. The van der Waals surface area contributed by atoms with E-state index in [9.17, 15) is 9.59 Å². The van der Waals surface area contributed by atoms with Gasteiger partial charge in [-0.3, -0.25) is 4.79 Å². The van der Waals surface area contributed by atoms with E-state index in [1.807, 2.05) is 18.2 Å². The van der Waals surface area contributed by atoms with Crippen LogP contribution in [0.25, 0.3) is 5.69 Å². The topological polar surface area (TPSA) is 91.0 Å².